The third-order valence-corrected chi connectivity index (χ3v) is 3.89. The summed E-state index contributed by atoms with van der Waals surface area (Å²) in [7, 11) is 1.58. The van der Waals surface area contributed by atoms with Gasteiger partial charge in [-0.3, -0.25) is 4.98 Å². The molecule has 0 spiro atoms. The minimum Gasteiger partial charge on any atom is -0.481 e. The normalized spacial score (nSPS) is 10.7. The second kappa shape index (κ2) is 7.65. The molecular weight excluding hydrogens is 344 g/mol. The van der Waals surface area contributed by atoms with Crippen LogP contribution in [0.3, 0.4) is 0 Å². The van der Waals surface area contributed by atoms with Gasteiger partial charge in [0.15, 0.2) is 11.5 Å². The van der Waals surface area contributed by atoms with Crippen molar-refractivity contribution in [1.82, 2.24) is 29.9 Å². The maximum absolute atomic E-state index is 5.07. The van der Waals surface area contributed by atoms with E-state index < -0.39 is 0 Å². The Balaban J connectivity index is 1.52. The number of anilines is 3. The van der Waals surface area contributed by atoms with Crippen molar-refractivity contribution < 1.29 is 4.74 Å². The van der Waals surface area contributed by atoms with E-state index in [1.165, 1.54) is 0 Å². The van der Waals surface area contributed by atoms with E-state index in [4.69, 9.17) is 4.74 Å². The fraction of sp³-hybridized carbons (Fsp3) is 0.167. The highest BCUT2D eigenvalue weighted by molar-refractivity contribution is 5.84. The van der Waals surface area contributed by atoms with Gasteiger partial charge < -0.3 is 20.4 Å². The monoisotopic (exact) mass is 362 g/mol. The largest absolute Gasteiger partial charge is 0.481 e. The minimum atomic E-state index is 0.432. The summed E-state index contributed by atoms with van der Waals surface area (Å²) < 4.78 is 5.07. The molecule has 3 N–H and O–H groups in total. The van der Waals surface area contributed by atoms with Gasteiger partial charge in [-0.2, -0.15) is 9.97 Å². The predicted molar refractivity (Wildman–Crippen MR) is 102 cm³/mol. The van der Waals surface area contributed by atoms with Crippen molar-refractivity contribution in [2.45, 2.75) is 6.42 Å². The van der Waals surface area contributed by atoms with Crippen molar-refractivity contribution in [3.05, 3.63) is 54.7 Å². The molecule has 0 bridgehead atoms. The lowest BCUT2D eigenvalue weighted by molar-refractivity contribution is 0.398. The number of hydrogen-bond acceptors (Lipinski definition) is 8. The zero-order chi connectivity index (χ0) is 18.5. The van der Waals surface area contributed by atoms with E-state index in [1.807, 2.05) is 24.3 Å². The van der Waals surface area contributed by atoms with Crippen molar-refractivity contribution in [3.8, 4) is 5.88 Å². The van der Waals surface area contributed by atoms with Crippen LogP contribution in [0.4, 0.5) is 17.5 Å². The number of H-pyrrole nitrogens is 1. The summed E-state index contributed by atoms with van der Waals surface area (Å²) in [6, 6.07) is 9.49. The zero-order valence-electron chi connectivity index (χ0n) is 14.7. The number of nitrogens with one attached hydrogen (secondary N) is 3. The van der Waals surface area contributed by atoms with E-state index in [2.05, 4.69) is 40.5 Å². The van der Waals surface area contributed by atoms with E-state index >= 15 is 0 Å². The van der Waals surface area contributed by atoms with Crippen molar-refractivity contribution in [1.29, 1.82) is 0 Å². The number of methoxy groups -OCH3 is 1. The molecule has 0 radical (unpaired) electrons. The highest BCUT2D eigenvalue weighted by Crippen LogP contribution is 2.21. The molecule has 0 aliphatic rings. The molecule has 9 nitrogen and oxygen atoms in total. The summed E-state index contributed by atoms with van der Waals surface area (Å²) in [6.45, 7) is 0.686. The van der Waals surface area contributed by atoms with Crippen molar-refractivity contribution in [3.63, 3.8) is 0 Å². The van der Waals surface area contributed by atoms with Crippen molar-refractivity contribution in [2.24, 2.45) is 0 Å². The standard InChI is InChI=1S/C18H18N8O/c1-27-14-6-5-13(10-21-14)24-18-25-16(15-17(26-18)23-11-22-15)20-9-7-12-4-2-3-8-19-12/h2-6,8,10-11H,7,9H2,1H3,(H3,20,22,23,24,25,26). The minimum absolute atomic E-state index is 0.432. The van der Waals surface area contributed by atoms with E-state index in [9.17, 15) is 0 Å². The van der Waals surface area contributed by atoms with E-state index in [1.54, 1.807) is 31.9 Å². The molecule has 9 heteroatoms. The molecule has 4 aromatic heterocycles. The third-order valence-electron chi connectivity index (χ3n) is 3.89. The smallest absolute Gasteiger partial charge is 0.231 e. The van der Waals surface area contributed by atoms with Gasteiger partial charge in [0.05, 0.1) is 25.3 Å². The summed E-state index contributed by atoms with van der Waals surface area (Å²) in [5.74, 6) is 1.65. The van der Waals surface area contributed by atoms with Gasteiger partial charge in [0, 0.05) is 30.9 Å². The number of aromatic nitrogens is 6. The molecule has 0 aliphatic heterocycles. The van der Waals surface area contributed by atoms with Gasteiger partial charge in [-0.05, 0) is 18.2 Å². The molecule has 0 saturated carbocycles. The average molecular weight is 362 g/mol. The Kier molecular flexibility index (Phi) is 4.73. The van der Waals surface area contributed by atoms with Gasteiger partial charge in [-0.1, -0.05) is 6.07 Å². The molecule has 4 aromatic rings. The lowest BCUT2D eigenvalue weighted by Crippen LogP contribution is -2.09. The number of nitrogens with zero attached hydrogens (tertiary/aromatic N) is 5. The van der Waals surface area contributed by atoms with Gasteiger partial charge >= 0.3 is 0 Å². The molecule has 0 amide bonds. The van der Waals surface area contributed by atoms with Crippen LogP contribution in [0.15, 0.2) is 49.1 Å². The molecule has 0 saturated heterocycles. The first-order valence-electron chi connectivity index (χ1n) is 8.44. The molecule has 0 fully saturated rings. The Morgan fingerprint density at radius 3 is 2.81 bits per heavy atom. The third kappa shape index (κ3) is 3.92. The molecule has 0 aromatic carbocycles. The first-order valence-corrected chi connectivity index (χ1v) is 8.44. The Hall–Kier alpha value is -3.75. The first-order chi connectivity index (χ1) is 13.3. The lowest BCUT2D eigenvalue weighted by atomic mass is 10.3. The van der Waals surface area contributed by atoms with Crippen LogP contribution in [0.2, 0.25) is 0 Å². The van der Waals surface area contributed by atoms with Crippen LogP contribution in [0.5, 0.6) is 5.88 Å². The molecule has 4 heterocycles. The van der Waals surface area contributed by atoms with Crippen LogP contribution < -0.4 is 15.4 Å². The highest BCUT2D eigenvalue weighted by atomic mass is 16.5. The van der Waals surface area contributed by atoms with Gasteiger partial charge in [-0.25, -0.2) is 9.97 Å². The average Bonchev–Trinajstić information content (AvgIpc) is 3.18. The summed E-state index contributed by atoms with van der Waals surface area (Å²) in [5.41, 5.74) is 3.11. The van der Waals surface area contributed by atoms with E-state index in [-0.39, 0.29) is 0 Å². The Morgan fingerprint density at radius 2 is 2.04 bits per heavy atom. The van der Waals surface area contributed by atoms with Crippen molar-refractivity contribution in [2.75, 3.05) is 24.3 Å². The quantitative estimate of drug-likeness (QED) is 0.460. The topological polar surface area (TPSA) is 114 Å². The van der Waals surface area contributed by atoms with E-state index in [0.29, 0.717) is 29.8 Å². The van der Waals surface area contributed by atoms with Crippen LogP contribution in [0.25, 0.3) is 11.2 Å². The fourth-order valence-corrected chi connectivity index (χ4v) is 2.58. The predicted octanol–water partition coefficient (Wildman–Crippen LogP) is 2.55. The Morgan fingerprint density at radius 1 is 1.07 bits per heavy atom. The van der Waals surface area contributed by atoms with Crippen LogP contribution in [-0.4, -0.2) is 43.6 Å². The zero-order valence-corrected chi connectivity index (χ0v) is 14.7. The summed E-state index contributed by atoms with van der Waals surface area (Å²) in [4.78, 5) is 24.8. The highest BCUT2D eigenvalue weighted by Gasteiger charge is 2.10. The van der Waals surface area contributed by atoms with E-state index in [0.717, 1.165) is 23.3 Å². The van der Waals surface area contributed by atoms with Gasteiger partial charge in [0.1, 0.15) is 5.52 Å². The number of fused-ring (bicyclic) bond motifs is 1. The Bertz CT molecular complexity index is 1020. The molecule has 0 atom stereocenters. The summed E-state index contributed by atoms with van der Waals surface area (Å²) in [5, 5.41) is 6.47. The fourth-order valence-electron chi connectivity index (χ4n) is 2.58. The molecule has 0 unspecified atom stereocenters. The van der Waals surface area contributed by atoms with Crippen LogP contribution in [-0.2, 0) is 6.42 Å². The molecule has 136 valence electrons. The molecule has 27 heavy (non-hydrogen) atoms. The Labute approximate surface area is 155 Å². The molecule has 0 aliphatic carbocycles. The maximum atomic E-state index is 5.07. The summed E-state index contributed by atoms with van der Waals surface area (Å²) in [6.07, 6.45) is 5.83. The van der Waals surface area contributed by atoms with Crippen LogP contribution >= 0.6 is 0 Å². The molecule has 4 rings (SSSR count). The second-order valence-corrected chi connectivity index (χ2v) is 5.71. The van der Waals surface area contributed by atoms with Gasteiger partial charge in [0.2, 0.25) is 11.8 Å². The SMILES string of the molecule is COc1ccc(Nc2nc(NCCc3ccccn3)c3[nH]cnc3n2)cn1. The maximum Gasteiger partial charge on any atom is 0.231 e. The second-order valence-electron chi connectivity index (χ2n) is 5.71. The summed E-state index contributed by atoms with van der Waals surface area (Å²) >= 11 is 0. The number of hydrogen-bond donors (Lipinski definition) is 3. The van der Waals surface area contributed by atoms with Crippen LogP contribution in [0.1, 0.15) is 5.69 Å². The van der Waals surface area contributed by atoms with Gasteiger partial charge in [-0.15, -0.1) is 0 Å². The number of pyridine rings is 2. The number of rotatable bonds is 7. The number of ether oxygens (including phenoxy) is 1. The number of imidazole rings is 1. The number of aromatic amines is 1. The lowest BCUT2D eigenvalue weighted by Gasteiger charge is -2.09. The van der Waals surface area contributed by atoms with Gasteiger partial charge in [0.25, 0.3) is 0 Å². The van der Waals surface area contributed by atoms with Crippen molar-refractivity contribution >= 4 is 28.6 Å². The first kappa shape index (κ1) is 16.7. The van der Waals surface area contributed by atoms with Crippen LogP contribution in [0, 0.1) is 0 Å². The molecular formula is C18H18N8O.